The molecule has 218 valence electrons. The molecule has 1 aliphatic heterocycles. The van der Waals surface area contributed by atoms with Crippen LogP contribution in [0.2, 0.25) is 0 Å². The van der Waals surface area contributed by atoms with Gasteiger partial charge < -0.3 is 4.74 Å². The molecular weight excluding hydrogens is 582 g/mol. The van der Waals surface area contributed by atoms with Crippen LogP contribution in [-0.2, 0) is 5.41 Å². The molecule has 0 N–H and O–H groups in total. The molecule has 1 heterocycles. The van der Waals surface area contributed by atoms with Gasteiger partial charge in [-0.1, -0.05) is 68.7 Å². The third-order valence-corrected chi connectivity index (χ3v) is 7.61. The summed E-state index contributed by atoms with van der Waals surface area (Å²) in [6.45, 7) is 1.29. The molecule has 5 aromatic rings. The third-order valence-electron chi connectivity index (χ3n) is 7.61. The van der Waals surface area contributed by atoms with Gasteiger partial charge in [-0.2, -0.15) is 0 Å². The molecule has 0 radical (unpaired) electrons. The summed E-state index contributed by atoms with van der Waals surface area (Å²) in [5.41, 5.74) is -5.02. The van der Waals surface area contributed by atoms with Crippen molar-refractivity contribution < 1.29 is 44.3 Å². The van der Waals surface area contributed by atoms with Gasteiger partial charge in [-0.25, -0.2) is 39.5 Å². The fraction of sp³-hybridized carbons (Fsp3) is 0.125. The maximum Gasteiger partial charge on any atom is 0.257 e. The van der Waals surface area contributed by atoms with Crippen LogP contribution in [0.3, 0.4) is 0 Å². The molecule has 1 nitrogen and oxygen atoms in total. The Labute approximate surface area is 239 Å². The van der Waals surface area contributed by atoms with Crippen molar-refractivity contribution in [3.8, 4) is 22.6 Å². The van der Waals surface area contributed by atoms with E-state index in [9.17, 15) is 13.2 Å². The summed E-state index contributed by atoms with van der Waals surface area (Å²) >= 11 is 0. The van der Waals surface area contributed by atoms with Crippen molar-refractivity contribution in [3.05, 3.63) is 113 Å². The molecule has 0 saturated heterocycles. The average Bonchev–Trinajstić information content (AvgIpc) is 2.97. The number of hydrogen-bond acceptors (Lipinski definition) is 1. The van der Waals surface area contributed by atoms with E-state index in [0.717, 1.165) is 0 Å². The minimum absolute atomic E-state index is 0.0259. The second-order valence-corrected chi connectivity index (χ2v) is 11.2. The first kappa shape index (κ1) is 28.7. The van der Waals surface area contributed by atoms with Crippen molar-refractivity contribution in [2.24, 2.45) is 0 Å². The topological polar surface area (TPSA) is 9.23 Å². The molecule has 11 heteroatoms. The van der Waals surface area contributed by atoms with Crippen LogP contribution in [0.5, 0.6) is 11.5 Å². The zero-order chi connectivity index (χ0) is 31.1. The van der Waals surface area contributed by atoms with Gasteiger partial charge in [0.15, 0.2) is 52.4 Å². The molecule has 1 aliphatic rings. The Morgan fingerprint density at radius 2 is 1.02 bits per heavy atom. The van der Waals surface area contributed by atoms with E-state index in [1.165, 1.54) is 51.1 Å². The number of para-hydroxylation sites is 1. The Bertz CT molecular complexity index is 1940. The van der Waals surface area contributed by atoms with Crippen LogP contribution in [0.1, 0.15) is 26.3 Å². The van der Waals surface area contributed by atoms with Crippen molar-refractivity contribution in [1.29, 1.82) is 0 Å². The zero-order valence-electron chi connectivity index (χ0n) is 22.6. The predicted octanol–water partition coefficient (Wildman–Crippen LogP) is 7.68. The van der Waals surface area contributed by atoms with Gasteiger partial charge >= 0.3 is 0 Å². The molecule has 6 rings (SSSR count). The van der Waals surface area contributed by atoms with E-state index in [-0.39, 0.29) is 16.5 Å². The second-order valence-electron chi connectivity index (χ2n) is 11.2. The van der Waals surface area contributed by atoms with Crippen LogP contribution >= 0.6 is 0 Å². The Balaban J connectivity index is 1.78. The normalized spacial score (nSPS) is 12.4. The molecular formula is C32H18BF9O. The van der Waals surface area contributed by atoms with Gasteiger partial charge in [0, 0.05) is 27.4 Å². The Morgan fingerprint density at radius 3 is 1.60 bits per heavy atom. The maximum absolute atomic E-state index is 15.9. The predicted molar refractivity (Wildman–Crippen MR) is 145 cm³/mol. The summed E-state index contributed by atoms with van der Waals surface area (Å²) in [7, 11) is 0. The fourth-order valence-corrected chi connectivity index (χ4v) is 5.74. The highest BCUT2D eigenvalue weighted by molar-refractivity contribution is 6.97. The van der Waals surface area contributed by atoms with Gasteiger partial charge in [0.05, 0.1) is 0 Å². The van der Waals surface area contributed by atoms with Crippen molar-refractivity contribution in [1.82, 2.24) is 0 Å². The number of fused-ring (bicyclic) bond motifs is 2. The van der Waals surface area contributed by atoms with Gasteiger partial charge in [0.2, 0.25) is 0 Å². The maximum atomic E-state index is 15.9. The molecule has 43 heavy (non-hydrogen) atoms. The lowest BCUT2D eigenvalue weighted by atomic mass is 9.35. The monoisotopic (exact) mass is 600 g/mol. The molecule has 0 atom stereocenters. The molecule has 0 saturated carbocycles. The quantitative estimate of drug-likeness (QED) is 0.0877. The van der Waals surface area contributed by atoms with E-state index in [1.54, 1.807) is 24.3 Å². The van der Waals surface area contributed by atoms with Crippen molar-refractivity contribution in [2.45, 2.75) is 26.2 Å². The molecule has 0 spiro atoms. The van der Waals surface area contributed by atoms with E-state index in [2.05, 4.69) is 0 Å². The lowest BCUT2D eigenvalue weighted by Gasteiger charge is -2.27. The van der Waals surface area contributed by atoms with Crippen LogP contribution in [0.15, 0.2) is 54.6 Å². The van der Waals surface area contributed by atoms with Gasteiger partial charge in [-0.05, 0) is 28.5 Å². The number of benzene rings is 5. The highest BCUT2D eigenvalue weighted by Gasteiger charge is 2.42. The Morgan fingerprint density at radius 1 is 0.512 bits per heavy atom. The number of rotatable bonds is 3. The van der Waals surface area contributed by atoms with E-state index >= 15 is 26.3 Å². The largest absolute Gasteiger partial charge is 0.456 e. The molecule has 5 aromatic carbocycles. The van der Waals surface area contributed by atoms with Crippen LogP contribution in [0, 0.1) is 52.4 Å². The molecule has 0 aromatic heterocycles. The highest BCUT2D eigenvalue weighted by atomic mass is 19.2. The van der Waals surface area contributed by atoms with Crippen LogP contribution in [-0.4, -0.2) is 6.71 Å². The zero-order valence-corrected chi connectivity index (χ0v) is 22.6. The van der Waals surface area contributed by atoms with Gasteiger partial charge in [0.1, 0.15) is 11.5 Å². The van der Waals surface area contributed by atoms with Crippen molar-refractivity contribution >= 4 is 33.9 Å². The van der Waals surface area contributed by atoms with E-state index < -0.39 is 86.4 Å². The average molecular weight is 600 g/mol. The molecule has 0 bridgehead atoms. The van der Waals surface area contributed by atoms with E-state index in [4.69, 9.17) is 4.74 Å². The van der Waals surface area contributed by atoms with Crippen LogP contribution in [0.4, 0.5) is 39.5 Å². The standard InChI is InChI=1S/C32H18BF9O/c1-32(2,3)20-23(34)25(36)21(26(37)24(20)35)33(22-27(38)29(40)31(42)30(41)28(22)39)16-12-11-14-13-7-4-5-9-17(13)43-18-10-6-8-15(16)19(14)18/h4-12H,1-3H3. The Kier molecular flexibility index (Phi) is 6.56. The van der Waals surface area contributed by atoms with Crippen molar-refractivity contribution in [3.63, 3.8) is 0 Å². The molecule has 0 amide bonds. The van der Waals surface area contributed by atoms with E-state index in [0.29, 0.717) is 16.9 Å². The SMILES string of the molecule is CC(C)(C)c1c(F)c(F)c(B(c2c(F)c(F)c(F)c(F)c2F)c2ccc3c4c(cccc24)Oc2ccccc2-3)c(F)c1F. The first-order valence-electron chi connectivity index (χ1n) is 13.0. The fourth-order valence-electron chi connectivity index (χ4n) is 5.74. The molecule has 0 unspecified atom stereocenters. The molecule has 0 aliphatic carbocycles. The number of ether oxygens (including phenoxy) is 1. The lowest BCUT2D eigenvalue weighted by molar-refractivity contribution is 0.384. The Hall–Kier alpha value is -4.41. The van der Waals surface area contributed by atoms with E-state index in [1.807, 2.05) is 0 Å². The summed E-state index contributed by atoms with van der Waals surface area (Å²) < 4.78 is 143. The first-order chi connectivity index (χ1) is 20.3. The van der Waals surface area contributed by atoms with Gasteiger partial charge in [0.25, 0.3) is 6.71 Å². The smallest absolute Gasteiger partial charge is 0.257 e. The lowest BCUT2D eigenvalue weighted by Crippen LogP contribution is -2.58. The summed E-state index contributed by atoms with van der Waals surface area (Å²) in [5, 5.41) is 0.304. The molecule has 0 fully saturated rings. The minimum Gasteiger partial charge on any atom is -0.456 e. The van der Waals surface area contributed by atoms with Crippen molar-refractivity contribution in [2.75, 3.05) is 0 Å². The summed E-state index contributed by atoms with van der Waals surface area (Å²) in [6.07, 6.45) is 0. The van der Waals surface area contributed by atoms with Crippen LogP contribution < -0.4 is 21.1 Å². The summed E-state index contributed by atoms with van der Waals surface area (Å²) in [6, 6.07) is 13.7. The second kappa shape index (κ2) is 9.82. The number of hydrogen-bond donors (Lipinski definition) is 0. The van der Waals surface area contributed by atoms with Gasteiger partial charge in [-0.15, -0.1) is 0 Å². The summed E-state index contributed by atoms with van der Waals surface area (Å²) in [5.74, 6) is -19.3. The summed E-state index contributed by atoms with van der Waals surface area (Å²) in [4.78, 5) is 0. The number of halogens is 9. The minimum atomic E-state index is -2.54. The third kappa shape index (κ3) is 4.11. The highest BCUT2D eigenvalue weighted by Crippen LogP contribution is 2.45. The van der Waals surface area contributed by atoms with Gasteiger partial charge in [-0.3, -0.25) is 0 Å². The first-order valence-corrected chi connectivity index (χ1v) is 13.0. The van der Waals surface area contributed by atoms with Crippen LogP contribution in [0.25, 0.3) is 21.9 Å².